The fourth-order valence-electron chi connectivity index (χ4n) is 2.50. The number of sulfone groups is 1. The van der Waals surface area contributed by atoms with Gasteiger partial charge in [0.2, 0.25) is 0 Å². The van der Waals surface area contributed by atoms with E-state index in [1.165, 1.54) is 0 Å². The normalized spacial score (nSPS) is 22.2. The molecule has 0 radical (unpaired) electrons. The summed E-state index contributed by atoms with van der Waals surface area (Å²) in [4.78, 5) is 6.80. The van der Waals surface area contributed by atoms with Crippen LogP contribution >= 0.6 is 11.3 Å². The van der Waals surface area contributed by atoms with E-state index in [-0.39, 0.29) is 6.04 Å². The van der Waals surface area contributed by atoms with Crippen molar-refractivity contribution in [2.24, 2.45) is 0 Å². The Labute approximate surface area is 119 Å². The van der Waals surface area contributed by atoms with E-state index in [4.69, 9.17) is 0 Å². The Morgan fingerprint density at radius 1 is 1.53 bits per heavy atom. The third-order valence-corrected chi connectivity index (χ3v) is 6.13. The lowest BCUT2D eigenvalue weighted by molar-refractivity contribution is 0.198. The van der Waals surface area contributed by atoms with Crippen LogP contribution in [0.5, 0.6) is 0 Å². The molecule has 6 heteroatoms. The van der Waals surface area contributed by atoms with Gasteiger partial charge in [-0.05, 0) is 26.3 Å². The monoisotopic (exact) mass is 302 g/mol. The van der Waals surface area contributed by atoms with Crippen LogP contribution in [0.15, 0.2) is 5.38 Å². The van der Waals surface area contributed by atoms with Crippen LogP contribution in [-0.2, 0) is 16.4 Å². The van der Waals surface area contributed by atoms with Crippen molar-refractivity contribution in [2.45, 2.75) is 45.7 Å². The molecule has 1 unspecified atom stereocenters. The van der Waals surface area contributed by atoms with Crippen molar-refractivity contribution in [1.82, 2.24) is 9.88 Å². The number of aryl methyl sites for hydroxylation is 1. The first-order chi connectivity index (χ1) is 9.00. The van der Waals surface area contributed by atoms with Crippen molar-refractivity contribution in [1.29, 1.82) is 0 Å². The summed E-state index contributed by atoms with van der Waals surface area (Å²) in [6.45, 7) is 5.92. The Balaban J connectivity index is 2.03. The van der Waals surface area contributed by atoms with Gasteiger partial charge in [-0.15, -0.1) is 11.3 Å². The Bertz CT molecular complexity index is 510. The van der Waals surface area contributed by atoms with Gasteiger partial charge in [0.25, 0.3) is 0 Å². The van der Waals surface area contributed by atoms with E-state index < -0.39 is 9.84 Å². The highest BCUT2D eigenvalue weighted by Crippen LogP contribution is 2.21. The van der Waals surface area contributed by atoms with Gasteiger partial charge in [-0.25, -0.2) is 13.4 Å². The molecule has 0 N–H and O–H groups in total. The zero-order valence-corrected chi connectivity index (χ0v) is 13.3. The van der Waals surface area contributed by atoms with Crippen molar-refractivity contribution in [2.75, 3.05) is 18.1 Å². The summed E-state index contributed by atoms with van der Waals surface area (Å²) in [6, 6.07) is 0.179. The molecule has 1 aromatic heterocycles. The molecule has 2 heterocycles. The summed E-state index contributed by atoms with van der Waals surface area (Å²) in [5, 5.41) is 3.15. The van der Waals surface area contributed by atoms with Crippen molar-refractivity contribution < 1.29 is 8.42 Å². The molecule has 19 heavy (non-hydrogen) atoms. The van der Waals surface area contributed by atoms with Gasteiger partial charge in [-0.3, -0.25) is 4.90 Å². The van der Waals surface area contributed by atoms with Crippen LogP contribution in [0.2, 0.25) is 0 Å². The zero-order chi connectivity index (χ0) is 13.9. The smallest absolute Gasteiger partial charge is 0.151 e. The quantitative estimate of drug-likeness (QED) is 0.808. The minimum atomic E-state index is -2.81. The van der Waals surface area contributed by atoms with Gasteiger partial charge in [0.15, 0.2) is 9.84 Å². The van der Waals surface area contributed by atoms with Crippen LogP contribution in [0.4, 0.5) is 0 Å². The summed E-state index contributed by atoms with van der Waals surface area (Å²) in [6.07, 6.45) is 3.01. The molecule has 1 aliphatic heterocycles. The standard InChI is InChI=1S/C13H22N2O2S2/c1-3-4-6-15(8-12-9-18-11(2)14-12)13-5-7-19(16,17)10-13/h9,13H,3-8,10H2,1-2H3. The first-order valence-corrected chi connectivity index (χ1v) is 9.56. The topological polar surface area (TPSA) is 50.3 Å². The van der Waals surface area contributed by atoms with Crippen molar-refractivity contribution >= 4 is 21.2 Å². The number of rotatable bonds is 6. The Hall–Kier alpha value is -0.460. The Morgan fingerprint density at radius 2 is 2.32 bits per heavy atom. The molecular weight excluding hydrogens is 280 g/mol. The predicted molar refractivity (Wildman–Crippen MR) is 79.2 cm³/mol. The van der Waals surface area contributed by atoms with Gasteiger partial charge < -0.3 is 0 Å². The maximum atomic E-state index is 11.6. The molecule has 0 saturated carbocycles. The van der Waals surface area contributed by atoms with E-state index >= 15 is 0 Å². The third-order valence-electron chi connectivity index (χ3n) is 3.56. The van der Waals surface area contributed by atoms with Gasteiger partial charge >= 0.3 is 0 Å². The van der Waals surface area contributed by atoms with Gasteiger partial charge in [0, 0.05) is 18.0 Å². The van der Waals surface area contributed by atoms with Gasteiger partial charge in [0.05, 0.1) is 22.2 Å². The molecule has 2 rings (SSSR count). The second-order valence-corrected chi connectivity index (χ2v) is 8.53. The maximum absolute atomic E-state index is 11.6. The summed E-state index contributed by atoms with van der Waals surface area (Å²) in [5.41, 5.74) is 1.07. The first kappa shape index (κ1) is 14.9. The summed E-state index contributed by atoms with van der Waals surface area (Å²) >= 11 is 1.66. The van der Waals surface area contributed by atoms with E-state index in [0.29, 0.717) is 11.5 Å². The second kappa shape index (κ2) is 6.33. The van der Waals surface area contributed by atoms with Crippen LogP contribution in [0.1, 0.15) is 36.9 Å². The van der Waals surface area contributed by atoms with Crippen LogP contribution in [-0.4, -0.2) is 42.4 Å². The molecule has 0 spiro atoms. The average Bonchev–Trinajstić information content (AvgIpc) is 2.90. The molecule has 108 valence electrons. The van der Waals surface area contributed by atoms with Crippen LogP contribution in [0.3, 0.4) is 0 Å². The SMILES string of the molecule is CCCCN(Cc1csc(C)n1)C1CCS(=O)(=O)C1. The molecule has 1 saturated heterocycles. The number of unbranched alkanes of at least 4 members (excludes halogenated alkanes) is 1. The van der Waals surface area contributed by atoms with Gasteiger partial charge in [-0.2, -0.15) is 0 Å². The second-order valence-electron chi connectivity index (χ2n) is 5.24. The lowest BCUT2D eigenvalue weighted by atomic mass is 10.2. The van der Waals surface area contributed by atoms with E-state index in [9.17, 15) is 8.42 Å². The number of nitrogens with zero attached hydrogens (tertiary/aromatic N) is 2. The van der Waals surface area contributed by atoms with Crippen molar-refractivity contribution in [3.05, 3.63) is 16.1 Å². The summed E-state index contributed by atoms with van der Waals surface area (Å²) in [7, 11) is -2.81. The first-order valence-electron chi connectivity index (χ1n) is 6.85. The lowest BCUT2D eigenvalue weighted by Gasteiger charge is -2.27. The Morgan fingerprint density at radius 3 is 2.84 bits per heavy atom. The fourth-order valence-corrected chi connectivity index (χ4v) is 4.87. The van der Waals surface area contributed by atoms with Gasteiger partial charge in [-0.1, -0.05) is 13.3 Å². The lowest BCUT2D eigenvalue weighted by Crippen LogP contribution is -2.36. The third kappa shape index (κ3) is 4.26. The molecular formula is C13H22N2O2S2. The minimum absolute atomic E-state index is 0.179. The molecule has 1 aromatic rings. The van der Waals surface area contributed by atoms with Crippen LogP contribution in [0.25, 0.3) is 0 Å². The summed E-state index contributed by atoms with van der Waals surface area (Å²) < 4.78 is 23.3. The molecule has 0 bridgehead atoms. The van der Waals surface area contributed by atoms with E-state index in [0.717, 1.165) is 43.1 Å². The van der Waals surface area contributed by atoms with E-state index in [1.807, 2.05) is 6.92 Å². The van der Waals surface area contributed by atoms with Gasteiger partial charge in [0.1, 0.15) is 0 Å². The highest BCUT2D eigenvalue weighted by molar-refractivity contribution is 7.91. The number of hydrogen-bond acceptors (Lipinski definition) is 5. The average molecular weight is 302 g/mol. The molecule has 0 amide bonds. The van der Waals surface area contributed by atoms with Crippen LogP contribution < -0.4 is 0 Å². The highest BCUT2D eigenvalue weighted by Gasteiger charge is 2.32. The summed E-state index contributed by atoms with van der Waals surface area (Å²) in [5.74, 6) is 0.663. The van der Waals surface area contributed by atoms with E-state index in [1.54, 1.807) is 11.3 Å². The largest absolute Gasteiger partial charge is 0.293 e. The maximum Gasteiger partial charge on any atom is 0.151 e. The Kier molecular flexibility index (Phi) is 4.97. The van der Waals surface area contributed by atoms with Crippen molar-refractivity contribution in [3.8, 4) is 0 Å². The zero-order valence-electron chi connectivity index (χ0n) is 11.6. The molecule has 0 aromatic carbocycles. The number of hydrogen-bond donors (Lipinski definition) is 0. The molecule has 1 fully saturated rings. The predicted octanol–water partition coefficient (Wildman–Crippen LogP) is 2.24. The highest BCUT2D eigenvalue weighted by atomic mass is 32.2. The number of thiazole rings is 1. The van der Waals surface area contributed by atoms with Crippen molar-refractivity contribution in [3.63, 3.8) is 0 Å². The number of aromatic nitrogens is 1. The molecule has 4 nitrogen and oxygen atoms in total. The molecule has 1 aliphatic rings. The fraction of sp³-hybridized carbons (Fsp3) is 0.769. The molecule has 1 atom stereocenters. The molecule has 0 aliphatic carbocycles. The minimum Gasteiger partial charge on any atom is -0.293 e. The van der Waals surface area contributed by atoms with Crippen LogP contribution in [0, 0.1) is 6.92 Å². The van der Waals surface area contributed by atoms with E-state index in [2.05, 4.69) is 22.2 Å².